The van der Waals surface area contributed by atoms with Gasteiger partial charge in [-0.25, -0.2) is 16.8 Å². The van der Waals surface area contributed by atoms with Crippen LogP contribution in [-0.2, 0) is 24.8 Å². The van der Waals surface area contributed by atoms with Gasteiger partial charge in [-0.2, -0.15) is 4.72 Å². The first-order valence-electron chi connectivity index (χ1n) is 9.34. The summed E-state index contributed by atoms with van der Waals surface area (Å²) < 4.78 is 54.9. The molecule has 0 saturated heterocycles. The van der Waals surface area contributed by atoms with E-state index < -0.39 is 32.0 Å². The Labute approximate surface area is 191 Å². The van der Waals surface area contributed by atoms with Gasteiger partial charge in [0, 0.05) is 5.69 Å². The molecule has 0 bridgehead atoms. The molecule has 3 rings (SSSR count). The smallest absolute Gasteiger partial charge is 0.262 e. The van der Waals surface area contributed by atoms with E-state index in [0.29, 0.717) is 0 Å². The van der Waals surface area contributed by atoms with Gasteiger partial charge in [0.25, 0.3) is 10.0 Å². The molecule has 1 amide bonds. The molecule has 0 aromatic heterocycles. The molecule has 1 atom stereocenters. The zero-order valence-corrected chi connectivity index (χ0v) is 19.2. The summed E-state index contributed by atoms with van der Waals surface area (Å²) in [6.07, 6.45) is 0. The third kappa shape index (κ3) is 5.86. The second kappa shape index (κ2) is 9.70. The van der Waals surface area contributed by atoms with Crippen LogP contribution in [0.2, 0.25) is 5.02 Å². The van der Waals surface area contributed by atoms with Crippen molar-refractivity contribution in [3.8, 4) is 0 Å². The van der Waals surface area contributed by atoms with Crippen molar-refractivity contribution in [1.82, 2.24) is 4.72 Å². The van der Waals surface area contributed by atoms with Gasteiger partial charge in [-0.1, -0.05) is 48.0 Å². The predicted octanol–water partition coefficient (Wildman–Crippen LogP) is 3.45. The number of halogens is 1. The van der Waals surface area contributed by atoms with Crippen molar-refractivity contribution in [1.29, 1.82) is 0 Å². The van der Waals surface area contributed by atoms with Crippen LogP contribution in [0, 0.1) is 0 Å². The van der Waals surface area contributed by atoms with E-state index in [4.69, 9.17) is 11.6 Å². The monoisotopic (exact) mass is 493 g/mol. The molecule has 0 fully saturated rings. The van der Waals surface area contributed by atoms with E-state index in [1.807, 2.05) is 0 Å². The van der Waals surface area contributed by atoms with Crippen molar-refractivity contribution >= 4 is 48.9 Å². The number of carbonyl (C=O) groups is 1. The number of para-hydroxylation sites is 1. The van der Waals surface area contributed by atoms with E-state index in [1.54, 1.807) is 36.4 Å². The molecule has 168 valence electrons. The Morgan fingerprint density at radius 3 is 2.12 bits per heavy atom. The minimum absolute atomic E-state index is 0.0263. The summed E-state index contributed by atoms with van der Waals surface area (Å²) in [4.78, 5) is 12.4. The molecule has 3 N–H and O–H groups in total. The van der Waals surface area contributed by atoms with Crippen LogP contribution < -0.4 is 14.8 Å². The van der Waals surface area contributed by atoms with E-state index in [-0.39, 0.29) is 26.2 Å². The molecule has 0 aliphatic rings. The van der Waals surface area contributed by atoms with Gasteiger partial charge >= 0.3 is 0 Å². The Morgan fingerprint density at radius 1 is 0.812 bits per heavy atom. The minimum Gasteiger partial charge on any atom is -0.325 e. The highest BCUT2D eigenvalue weighted by molar-refractivity contribution is 7.92. The van der Waals surface area contributed by atoms with Crippen LogP contribution in [-0.4, -0.2) is 28.8 Å². The molecule has 0 aliphatic carbocycles. The fourth-order valence-electron chi connectivity index (χ4n) is 2.69. The van der Waals surface area contributed by atoms with Gasteiger partial charge in [0.05, 0.1) is 26.5 Å². The summed E-state index contributed by atoms with van der Waals surface area (Å²) in [6, 6.07) is 18.5. The summed E-state index contributed by atoms with van der Waals surface area (Å²) in [7, 11) is -7.87. The van der Waals surface area contributed by atoms with Crippen molar-refractivity contribution in [2.45, 2.75) is 22.8 Å². The van der Waals surface area contributed by atoms with Crippen molar-refractivity contribution < 1.29 is 21.6 Å². The molecular weight excluding hydrogens is 474 g/mol. The topological polar surface area (TPSA) is 121 Å². The van der Waals surface area contributed by atoms with Gasteiger partial charge in [0.2, 0.25) is 15.9 Å². The molecule has 11 heteroatoms. The minimum atomic E-state index is -3.98. The highest BCUT2D eigenvalue weighted by Gasteiger charge is 2.22. The van der Waals surface area contributed by atoms with Gasteiger partial charge in [0.1, 0.15) is 0 Å². The number of hydrogen-bond acceptors (Lipinski definition) is 5. The Balaban J connectivity index is 1.72. The van der Waals surface area contributed by atoms with Crippen molar-refractivity contribution in [2.75, 3.05) is 10.0 Å². The first-order chi connectivity index (χ1) is 15.1. The maximum atomic E-state index is 12.7. The van der Waals surface area contributed by atoms with Gasteiger partial charge in [-0.15, -0.1) is 0 Å². The zero-order valence-electron chi connectivity index (χ0n) is 16.8. The lowest BCUT2D eigenvalue weighted by Gasteiger charge is -2.15. The second-order valence-corrected chi connectivity index (χ2v) is 10.6. The highest BCUT2D eigenvalue weighted by Crippen LogP contribution is 2.25. The SMILES string of the molecule is CC(NS(=O)(=O)c1ccccc1)C(=O)Nc1cccc(S(=O)(=O)Nc2ccccc2Cl)c1. The largest absolute Gasteiger partial charge is 0.325 e. The fourth-order valence-corrected chi connectivity index (χ4v) is 5.28. The number of amides is 1. The van der Waals surface area contributed by atoms with Crippen LogP contribution in [0.1, 0.15) is 6.92 Å². The van der Waals surface area contributed by atoms with Gasteiger partial charge < -0.3 is 5.32 Å². The van der Waals surface area contributed by atoms with Crippen molar-refractivity contribution in [2.24, 2.45) is 0 Å². The predicted molar refractivity (Wildman–Crippen MR) is 124 cm³/mol. The van der Waals surface area contributed by atoms with Gasteiger partial charge in [0.15, 0.2) is 0 Å². The molecule has 1 unspecified atom stereocenters. The third-order valence-corrected chi connectivity index (χ3v) is 7.56. The highest BCUT2D eigenvalue weighted by atomic mass is 35.5. The Hall–Kier alpha value is -2.92. The molecule has 0 heterocycles. The molecule has 0 saturated carbocycles. The Bertz CT molecular complexity index is 1330. The van der Waals surface area contributed by atoms with Crippen LogP contribution in [0.3, 0.4) is 0 Å². The molecule has 32 heavy (non-hydrogen) atoms. The number of nitrogens with one attached hydrogen (secondary N) is 3. The molecule has 0 radical (unpaired) electrons. The molecule has 3 aromatic rings. The first kappa shape index (κ1) is 23.7. The van der Waals surface area contributed by atoms with Crippen LogP contribution in [0.25, 0.3) is 0 Å². The van der Waals surface area contributed by atoms with Crippen molar-refractivity contribution in [3.63, 3.8) is 0 Å². The maximum absolute atomic E-state index is 12.7. The number of sulfonamides is 2. The normalized spacial score (nSPS) is 12.7. The summed E-state index contributed by atoms with van der Waals surface area (Å²) in [6.45, 7) is 1.38. The lowest BCUT2D eigenvalue weighted by molar-refractivity contribution is -0.117. The number of benzene rings is 3. The van der Waals surface area contributed by atoms with E-state index in [2.05, 4.69) is 14.8 Å². The Kier molecular flexibility index (Phi) is 7.19. The van der Waals surface area contributed by atoms with E-state index in [0.717, 1.165) is 0 Å². The number of hydrogen-bond donors (Lipinski definition) is 3. The Morgan fingerprint density at radius 2 is 1.44 bits per heavy atom. The van der Waals surface area contributed by atoms with Crippen LogP contribution in [0.4, 0.5) is 11.4 Å². The second-order valence-electron chi connectivity index (χ2n) is 6.76. The van der Waals surface area contributed by atoms with Gasteiger partial charge in [-0.05, 0) is 49.4 Å². The zero-order chi connectivity index (χ0) is 23.4. The fraction of sp³-hybridized carbons (Fsp3) is 0.0952. The molecule has 0 spiro atoms. The number of carbonyl (C=O) groups excluding carboxylic acids is 1. The standard InChI is InChI=1S/C21H20ClN3O5S2/c1-15(24-31(27,28)17-9-3-2-4-10-17)21(26)23-16-8-7-11-18(14-16)32(29,30)25-20-13-6-5-12-19(20)22/h2-15,24-25H,1H3,(H,23,26). The molecule has 0 aliphatic heterocycles. The molecule has 3 aromatic carbocycles. The quantitative estimate of drug-likeness (QED) is 0.443. The lowest BCUT2D eigenvalue weighted by atomic mass is 10.3. The first-order valence-corrected chi connectivity index (χ1v) is 12.7. The van der Waals surface area contributed by atoms with Crippen LogP contribution in [0.15, 0.2) is 88.7 Å². The average Bonchev–Trinajstić information content (AvgIpc) is 2.76. The number of rotatable bonds is 8. The van der Waals surface area contributed by atoms with Crippen LogP contribution >= 0.6 is 11.6 Å². The van der Waals surface area contributed by atoms with Crippen LogP contribution in [0.5, 0.6) is 0 Å². The number of anilines is 2. The molecular formula is C21H20ClN3O5S2. The summed E-state index contributed by atoms with van der Waals surface area (Å²) in [5.74, 6) is -0.655. The summed E-state index contributed by atoms with van der Waals surface area (Å²) >= 11 is 6.01. The van der Waals surface area contributed by atoms with Gasteiger partial charge in [-0.3, -0.25) is 9.52 Å². The third-order valence-electron chi connectivity index (χ3n) is 4.31. The average molecular weight is 494 g/mol. The van der Waals surface area contributed by atoms with E-state index >= 15 is 0 Å². The molecule has 8 nitrogen and oxygen atoms in total. The van der Waals surface area contributed by atoms with E-state index in [9.17, 15) is 21.6 Å². The lowest BCUT2D eigenvalue weighted by Crippen LogP contribution is -2.41. The maximum Gasteiger partial charge on any atom is 0.262 e. The summed E-state index contributed by atoms with van der Waals surface area (Å²) in [5.41, 5.74) is 0.398. The van der Waals surface area contributed by atoms with E-state index in [1.165, 1.54) is 49.4 Å². The van der Waals surface area contributed by atoms with Crippen molar-refractivity contribution in [3.05, 3.63) is 83.9 Å². The summed E-state index contributed by atoms with van der Waals surface area (Å²) in [5, 5.41) is 2.76.